The van der Waals surface area contributed by atoms with Crippen LogP contribution in [0.3, 0.4) is 0 Å². The molecular formula is C19H22N2O3S. The fourth-order valence-electron chi connectivity index (χ4n) is 2.67. The Labute approximate surface area is 151 Å². The monoisotopic (exact) mass is 358 g/mol. The van der Waals surface area contributed by atoms with Gasteiger partial charge in [-0.15, -0.1) is 11.8 Å². The Morgan fingerprint density at radius 2 is 2.08 bits per heavy atom. The number of aromatic nitrogens is 1. The summed E-state index contributed by atoms with van der Waals surface area (Å²) < 4.78 is 11.0. The first kappa shape index (κ1) is 17.6. The van der Waals surface area contributed by atoms with Crippen molar-refractivity contribution < 1.29 is 13.7 Å². The van der Waals surface area contributed by atoms with Crippen molar-refractivity contribution in [2.24, 2.45) is 0 Å². The predicted octanol–water partition coefficient (Wildman–Crippen LogP) is 4.49. The molecule has 0 N–H and O–H groups in total. The second-order valence-corrected chi connectivity index (χ2v) is 7.15. The van der Waals surface area contributed by atoms with Crippen molar-refractivity contribution in [1.29, 1.82) is 0 Å². The summed E-state index contributed by atoms with van der Waals surface area (Å²) in [6, 6.07) is 9.76. The van der Waals surface area contributed by atoms with Gasteiger partial charge in [0.1, 0.15) is 17.1 Å². The second kappa shape index (κ2) is 7.35. The van der Waals surface area contributed by atoms with Crippen LogP contribution in [0.4, 0.5) is 0 Å². The Hall–Kier alpha value is -2.21. The van der Waals surface area contributed by atoms with Crippen molar-refractivity contribution in [1.82, 2.24) is 10.1 Å². The maximum absolute atomic E-state index is 12.5. The molecule has 0 aliphatic rings. The Kier molecular flexibility index (Phi) is 5.18. The van der Waals surface area contributed by atoms with E-state index in [2.05, 4.69) is 5.16 Å². The number of carbonyl (C=O) groups is 1. The summed E-state index contributed by atoms with van der Waals surface area (Å²) in [5, 5.41) is 5.00. The predicted molar refractivity (Wildman–Crippen MR) is 99.5 cm³/mol. The van der Waals surface area contributed by atoms with Gasteiger partial charge in [-0.1, -0.05) is 23.4 Å². The van der Waals surface area contributed by atoms with Crippen molar-refractivity contribution in [2.45, 2.75) is 32.6 Å². The third-order valence-corrected chi connectivity index (χ3v) is 5.43. The van der Waals surface area contributed by atoms with Gasteiger partial charge in [-0.2, -0.15) is 0 Å². The van der Waals surface area contributed by atoms with Crippen LogP contribution < -0.4 is 0 Å². The highest BCUT2D eigenvalue weighted by atomic mass is 32.2. The zero-order valence-corrected chi connectivity index (χ0v) is 15.7. The lowest BCUT2D eigenvalue weighted by Crippen LogP contribution is -2.30. The lowest BCUT2D eigenvalue weighted by atomic mass is 10.2. The molecule has 0 spiro atoms. The highest BCUT2D eigenvalue weighted by molar-refractivity contribution is 7.99. The van der Waals surface area contributed by atoms with Crippen LogP contribution in [0, 0.1) is 13.8 Å². The molecule has 0 saturated heterocycles. The molecule has 25 heavy (non-hydrogen) atoms. The van der Waals surface area contributed by atoms with E-state index in [4.69, 9.17) is 8.94 Å². The largest absolute Gasteiger partial charge is 0.459 e. The molecule has 1 atom stereocenters. The number of hydrogen-bond acceptors (Lipinski definition) is 5. The van der Waals surface area contributed by atoms with E-state index in [1.165, 1.54) is 0 Å². The van der Waals surface area contributed by atoms with Gasteiger partial charge in [-0.25, -0.2) is 0 Å². The van der Waals surface area contributed by atoms with Gasteiger partial charge >= 0.3 is 0 Å². The van der Waals surface area contributed by atoms with Gasteiger partial charge in [0.2, 0.25) is 5.91 Å². The van der Waals surface area contributed by atoms with E-state index in [9.17, 15) is 4.79 Å². The fourth-order valence-corrected chi connectivity index (χ4v) is 3.76. The molecule has 1 unspecified atom stereocenters. The highest BCUT2D eigenvalue weighted by Crippen LogP contribution is 2.27. The topological polar surface area (TPSA) is 59.5 Å². The molecule has 0 bridgehead atoms. The minimum absolute atomic E-state index is 0.0738. The van der Waals surface area contributed by atoms with E-state index >= 15 is 0 Å². The van der Waals surface area contributed by atoms with E-state index in [1.54, 1.807) is 16.7 Å². The van der Waals surface area contributed by atoms with Gasteiger partial charge in [0.05, 0.1) is 17.5 Å². The first-order valence-electron chi connectivity index (χ1n) is 8.21. The summed E-state index contributed by atoms with van der Waals surface area (Å²) in [6.45, 7) is 5.80. The van der Waals surface area contributed by atoms with Crippen LogP contribution in [0.1, 0.15) is 35.7 Å². The lowest BCUT2D eigenvalue weighted by molar-refractivity contribution is -0.129. The van der Waals surface area contributed by atoms with E-state index < -0.39 is 0 Å². The number of para-hydroxylation sites is 1. The Morgan fingerprint density at radius 1 is 1.32 bits per heavy atom. The van der Waals surface area contributed by atoms with Crippen LogP contribution in [0.5, 0.6) is 0 Å². The number of rotatable bonds is 6. The molecule has 2 heterocycles. The molecular weight excluding hydrogens is 336 g/mol. The first-order chi connectivity index (χ1) is 12.0. The summed E-state index contributed by atoms with van der Waals surface area (Å²) in [4.78, 5) is 14.2. The van der Waals surface area contributed by atoms with Crippen molar-refractivity contribution >= 4 is 28.6 Å². The Morgan fingerprint density at radius 3 is 2.76 bits per heavy atom. The van der Waals surface area contributed by atoms with Crippen molar-refractivity contribution in [2.75, 3.05) is 12.8 Å². The standard InChI is InChI=1S/C19H22N2O3S/c1-12-16(14(3)24-20-12)10-25-11-19(22)21(4)13(2)18-9-15-7-5-6-8-17(15)23-18/h5-9,13H,10-11H2,1-4H3. The zero-order valence-electron chi connectivity index (χ0n) is 14.9. The van der Waals surface area contributed by atoms with Crippen LogP contribution in [0.2, 0.25) is 0 Å². The summed E-state index contributed by atoms with van der Waals surface area (Å²) in [5.74, 6) is 2.82. The first-order valence-corrected chi connectivity index (χ1v) is 9.36. The molecule has 2 aromatic heterocycles. The normalized spacial score (nSPS) is 12.5. The van der Waals surface area contributed by atoms with Crippen LogP contribution in [-0.2, 0) is 10.5 Å². The number of furan rings is 1. The van der Waals surface area contributed by atoms with Gasteiger partial charge in [0.25, 0.3) is 0 Å². The molecule has 132 valence electrons. The summed E-state index contributed by atoms with van der Waals surface area (Å²) in [5.41, 5.74) is 2.81. The minimum Gasteiger partial charge on any atom is -0.459 e. The van der Waals surface area contributed by atoms with E-state index in [0.717, 1.165) is 39.5 Å². The van der Waals surface area contributed by atoms with Crippen LogP contribution in [0.15, 0.2) is 39.3 Å². The van der Waals surface area contributed by atoms with Crippen molar-refractivity contribution in [3.05, 3.63) is 53.1 Å². The lowest BCUT2D eigenvalue weighted by Gasteiger charge is -2.23. The molecule has 0 saturated carbocycles. The van der Waals surface area contributed by atoms with Crippen molar-refractivity contribution in [3.8, 4) is 0 Å². The number of carbonyl (C=O) groups excluding carboxylic acids is 1. The Bertz CT molecular complexity index is 831. The summed E-state index contributed by atoms with van der Waals surface area (Å²) in [6.07, 6.45) is 0. The molecule has 5 nitrogen and oxygen atoms in total. The molecule has 3 aromatic rings. The molecule has 1 amide bonds. The van der Waals surface area contributed by atoms with Crippen LogP contribution >= 0.6 is 11.8 Å². The number of fused-ring (bicyclic) bond motifs is 1. The zero-order chi connectivity index (χ0) is 18.0. The summed E-state index contributed by atoms with van der Waals surface area (Å²) in [7, 11) is 1.82. The molecule has 6 heteroatoms. The van der Waals surface area contributed by atoms with Gasteiger partial charge in [-0.3, -0.25) is 4.79 Å². The van der Waals surface area contributed by atoms with E-state index in [1.807, 2.05) is 58.2 Å². The number of hydrogen-bond donors (Lipinski definition) is 0. The second-order valence-electron chi connectivity index (χ2n) is 6.16. The molecule has 0 fully saturated rings. The van der Waals surface area contributed by atoms with Crippen molar-refractivity contribution in [3.63, 3.8) is 0 Å². The molecule has 3 rings (SSSR count). The van der Waals surface area contributed by atoms with Crippen LogP contribution in [-0.4, -0.2) is 28.8 Å². The van der Waals surface area contributed by atoms with Gasteiger partial charge < -0.3 is 13.8 Å². The molecule has 0 radical (unpaired) electrons. The number of thioether (sulfide) groups is 1. The number of benzene rings is 1. The summed E-state index contributed by atoms with van der Waals surface area (Å²) >= 11 is 1.57. The quantitative estimate of drug-likeness (QED) is 0.650. The maximum Gasteiger partial charge on any atom is 0.232 e. The molecule has 0 aliphatic carbocycles. The maximum atomic E-state index is 12.5. The highest BCUT2D eigenvalue weighted by Gasteiger charge is 2.21. The van der Waals surface area contributed by atoms with Gasteiger partial charge in [-0.05, 0) is 32.9 Å². The average Bonchev–Trinajstić information content (AvgIpc) is 3.18. The third-order valence-electron chi connectivity index (χ3n) is 4.48. The smallest absolute Gasteiger partial charge is 0.232 e. The van der Waals surface area contributed by atoms with Gasteiger partial charge in [0.15, 0.2) is 0 Å². The van der Waals surface area contributed by atoms with Crippen LogP contribution in [0.25, 0.3) is 11.0 Å². The Balaban J connectivity index is 1.59. The van der Waals surface area contributed by atoms with E-state index in [0.29, 0.717) is 5.75 Å². The molecule has 0 aliphatic heterocycles. The molecule has 1 aromatic carbocycles. The average molecular weight is 358 g/mol. The third kappa shape index (κ3) is 3.74. The fraction of sp³-hybridized carbons (Fsp3) is 0.368. The SMILES string of the molecule is Cc1noc(C)c1CSCC(=O)N(C)C(C)c1cc2ccccc2o1. The minimum atomic E-state index is -0.112. The number of nitrogens with zero attached hydrogens (tertiary/aromatic N) is 2. The van der Waals surface area contributed by atoms with E-state index in [-0.39, 0.29) is 11.9 Å². The van der Waals surface area contributed by atoms with Gasteiger partial charge in [0, 0.05) is 23.8 Å². The number of aryl methyl sites for hydroxylation is 2. The number of amides is 1.